The molecule has 0 spiro atoms. The van der Waals surface area contributed by atoms with Crippen LogP contribution in [0.2, 0.25) is 0 Å². The van der Waals surface area contributed by atoms with Gasteiger partial charge in [-0.3, -0.25) is 9.59 Å². The smallest absolute Gasteiger partial charge is 0.407 e. The van der Waals surface area contributed by atoms with Gasteiger partial charge in [0.05, 0.1) is 50.1 Å². The quantitative estimate of drug-likeness (QED) is 0.0971. The Balaban J connectivity index is 0.00000397. The van der Waals surface area contributed by atoms with E-state index in [2.05, 4.69) is 54.2 Å². The number of rotatable bonds is 11. The van der Waals surface area contributed by atoms with Gasteiger partial charge in [0.2, 0.25) is 5.91 Å². The molecule has 5 aromatic rings. The highest BCUT2D eigenvalue weighted by atomic mass is 35.5. The number of imidazole rings is 2. The molecule has 7 rings (SSSR count). The van der Waals surface area contributed by atoms with Crippen molar-refractivity contribution in [3.05, 3.63) is 120 Å². The van der Waals surface area contributed by atoms with Crippen LogP contribution in [0.25, 0.3) is 11.3 Å². The lowest BCUT2D eigenvalue weighted by Crippen LogP contribution is -2.51. The third-order valence-corrected chi connectivity index (χ3v) is 11.4. The van der Waals surface area contributed by atoms with Crippen molar-refractivity contribution in [2.75, 3.05) is 39.3 Å². The molecule has 4 amide bonds. The molecule has 4 N–H and O–H groups in total. The summed E-state index contributed by atoms with van der Waals surface area (Å²) in [7, 11) is 4.53. The molecule has 2 aromatic heterocycles. The van der Waals surface area contributed by atoms with Gasteiger partial charge < -0.3 is 44.8 Å². The van der Waals surface area contributed by atoms with E-state index in [0.29, 0.717) is 42.4 Å². The zero-order chi connectivity index (χ0) is 44.5. The number of para-hydroxylation sites is 1. The molecule has 0 unspecified atom stereocenters. The number of hydrogen-bond donors (Lipinski definition) is 4. The fourth-order valence-electron chi connectivity index (χ4n) is 8.08. The lowest BCUT2D eigenvalue weighted by Gasteiger charge is -2.30. The van der Waals surface area contributed by atoms with Gasteiger partial charge in [-0.05, 0) is 79.2 Å². The van der Waals surface area contributed by atoms with Gasteiger partial charge in [0.25, 0.3) is 5.91 Å². The highest BCUT2D eigenvalue weighted by Gasteiger charge is 2.38. The molecule has 0 bridgehead atoms. The van der Waals surface area contributed by atoms with E-state index in [-0.39, 0.29) is 54.6 Å². The predicted molar refractivity (Wildman–Crippen MR) is 252 cm³/mol. The molecule has 2 aliphatic rings. The van der Waals surface area contributed by atoms with Crippen LogP contribution < -0.4 is 15.5 Å². The molecule has 340 valence electrons. The Kier molecular flexibility index (Phi) is 17.1. The predicted octanol–water partition coefficient (Wildman–Crippen LogP) is 7.62. The van der Waals surface area contributed by atoms with Crippen LogP contribution in [0.1, 0.15) is 86.1 Å². The molecule has 15 nitrogen and oxygen atoms in total. The van der Waals surface area contributed by atoms with Crippen molar-refractivity contribution in [3.63, 3.8) is 0 Å². The Labute approximate surface area is 391 Å². The molecule has 0 radical (unpaired) electrons. The summed E-state index contributed by atoms with van der Waals surface area (Å²) in [6, 6.07) is 22.8. The molecule has 2 fully saturated rings. The Morgan fingerprint density at radius 1 is 0.754 bits per heavy atom. The first-order valence-corrected chi connectivity index (χ1v) is 21.0. The normalized spacial score (nSPS) is 16.0. The van der Waals surface area contributed by atoms with Crippen LogP contribution in [0, 0.1) is 29.6 Å². The average molecular weight is 923 g/mol. The van der Waals surface area contributed by atoms with E-state index in [4.69, 9.17) is 14.5 Å². The second-order valence-electron chi connectivity index (χ2n) is 15.7. The van der Waals surface area contributed by atoms with Crippen LogP contribution in [-0.2, 0) is 19.1 Å². The van der Waals surface area contributed by atoms with E-state index in [1.165, 1.54) is 14.2 Å². The third kappa shape index (κ3) is 11.4. The minimum Gasteiger partial charge on any atom is -0.453 e. The number of methoxy groups -OCH3 is 2. The summed E-state index contributed by atoms with van der Waals surface area (Å²) in [5, 5.41) is 5.39. The highest BCUT2D eigenvalue weighted by Crippen LogP contribution is 2.36. The Morgan fingerprint density at radius 2 is 1.34 bits per heavy atom. The number of amides is 4. The van der Waals surface area contributed by atoms with Crippen molar-refractivity contribution < 1.29 is 28.7 Å². The number of carbonyl (C=O) groups excluding carboxylic acids is 4. The van der Waals surface area contributed by atoms with Gasteiger partial charge in [-0.25, -0.2) is 19.6 Å². The van der Waals surface area contributed by atoms with E-state index in [9.17, 15) is 19.2 Å². The largest absolute Gasteiger partial charge is 0.453 e. The van der Waals surface area contributed by atoms with Crippen LogP contribution in [0.15, 0.2) is 91.3 Å². The first-order valence-electron chi connectivity index (χ1n) is 21.0. The maximum absolute atomic E-state index is 13.9. The van der Waals surface area contributed by atoms with Crippen molar-refractivity contribution >= 4 is 60.2 Å². The second kappa shape index (κ2) is 22.6. The SMILES string of the molecule is COC(=O)N[C@H](C(=O)N1CCC[C@H]1c1ncc(-c2ccc(C#CC#Cc3cnc([C@@H]4CCCN4C(=O)[C@H](NC(=O)OC)c4ccccc4)[nH]3)c(N(C)c3ccccc3)c2)[nH]1)C(C)C.Cl.Cl. The van der Waals surface area contributed by atoms with Crippen molar-refractivity contribution in [1.29, 1.82) is 0 Å². The number of alkyl carbamates (subject to hydrolysis) is 2. The number of halogens is 2. The van der Waals surface area contributed by atoms with Gasteiger partial charge in [-0.15, -0.1) is 24.8 Å². The number of ether oxygens (including phenoxy) is 2. The number of anilines is 2. The Bertz CT molecular complexity index is 2560. The van der Waals surface area contributed by atoms with Crippen LogP contribution in [-0.4, -0.2) is 94.1 Å². The first kappa shape index (κ1) is 49.1. The van der Waals surface area contributed by atoms with Crippen molar-refractivity contribution in [1.82, 2.24) is 40.4 Å². The minimum absolute atomic E-state index is 0. The zero-order valence-corrected chi connectivity index (χ0v) is 38.4. The number of carbonyl (C=O) groups is 4. The monoisotopic (exact) mass is 921 g/mol. The molecule has 2 aliphatic heterocycles. The van der Waals surface area contributed by atoms with E-state index in [1.807, 2.05) is 87.6 Å². The van der Waals surface area contributed by atoms with Gasteiger partial charge in [-0.1, -0.05) is 74.4 Å². The van der Waals surface area contributed by atoms with Crippen LogP contribution in [0.5, 0.6) is 0 Å². The molecule has 4 heterocycles. The van der Waals surface area contributed by atoms with Gasteiger partial charge in [0, 0.05) is 37.0 Å². The van der Waals surface area contributed by atoms with Crippen molar-refractivity contribution in [2.45, 2.75) is 63.7 Å². The molecule has 2 saturated heterocycles. The number of hydrogen-bond acceptors (Lipinski definition) is 9. The average Bonchev–Trinajstić information content (AvgIpc) is 4.16. The van der Waals surface area contributed by atoms with E-state index in [1.54, 1.807) is 34.3 Å². The van der Waals surface area contributed by atoms with E-state index >= 15 is 0 Å². The van der Waals surface area contributed by atoms with Gasteiger partial charge in [0.15, 0.2) is 0 Å². The summed E-state index contributed by atoms with van der Waals surface area (Å²) in [4.78, 5) is 73.6. The molecule has 17 heteroatoms. The summed E-state index contributed by atoms with van der Waals surface area (Å²) in [6.07, 6.45) is 5.11. The number of nitrogens with one attached hydrogen (secondary N) is 4. The summed E-state index contributed by atoms with van der Waals surface area (Å²) >= 11 is 0. The summed E-state index contributed by atoms with van der Waals surface area (Å²) in [6.45, 7) is 4.85. The number of aromatic nitrogens is 4. The summed E-state index contributed by atoms with van der Waals surface area (Å²) in [5.74, 6) is 13.0. The van der Waals surface area contributed by atoms with Crippen LogP contribution >= 0.6 is 24.8 Å². The van der Waals surface area contributed by atoms with Crippen molar-refractivity contribution in [3.8, 4) is 34.9 Å². The molecule has 3 aromatic carbocycles. The highest BCUT2D eigenvalue weighted by molar-refractivity contribution is 5.88. The number of nitrogens with zero attached hydrogens (tertiary/aromatic N) is 5. The molecule has 65 heavy (non-hydrogen) atoms. The van der Waals surface area contributed by atoms with Crippen molar-refractivity contribution in [2.24, 2.45) is 5.92 Å². The Morgan fingerprint density at radius 3 is 1.98 bits per heavy atom. The van der Waals surface area contributed by atoms with E-state index in [0.717, 1.165) is 47.5 Å². The molecule has 0 aliphatic carbocycles. The second-order valence-corrected chi connectivity index (χ2v) is 15.7. The number of likely N-dealkylation sites (tertiary alicyclic amines) is 2. The van der Waals surface area contributed by atoms with Gasteiger partial charge in [-0.2, -0.15) is 0 Å². The minimum atomic E-state index is -0.914. The lowest BCUT2D eigenvalue weighted by atomic mass is 10.0. The molecular weight excluding hydrogens is 869 g/mol. The van der Waals surface area contributed by atoms with Gasteiger partial charge >= 0.3 is 12.2 Å². The zero-order valence-electron chi connectivity index (χ0n) is 36.8. The van der Waals surface area contributed by atoms with Crippen LogP contribution in [0.4, 0.5) is 21.0 Å². The maximum atomic E-state index is 13.9. The number of aromatic amines is 2. The standard InChI is InChI=1S/C48H51N9O6.2ClH/c1-31(2)41(53-47(60)62-4)45(58)56-26-15-23-39(56)44-50-30-37(52-44)34-25-24-32(40(28-34)55(3)36-20-10-7-11-21-36)16-12-13-19-35-29-49-43(51-35)38-22-14-27-57(38)46(59)42(54-48(61)63-5)33-17-8-6-9-18-33;;/h6-11,17-18,20-21,24-25,28-31,38-39,41-42H,14-15,22-23,26-27H2,1-5H3,(H,49,51)(H,50,52)(H,53,60)(H,54,61);2*1H/t38-,39-,41-,42+;;/m0../s1. The lowest BCUT2D eigenvalue weighted by molar-refractivity contribution is -0.135. The fourth-order valence-corrected chi connectivity index (χ4v) is 8.08. The third-order valence-electron chi connectivity index (χ3n) is 11.4. The number of H-pyrrole nitrogens is 2. The molecule has 4 atom stereocenters. The van der Waals surface area contributed by atoms with Gasteiger partial charge in [0.1, 0.15) is 29.4 Å². The first-order chi connectivity index (χ1) is 30.6. The molecular formula is C48H53Cl2N9O6. The Hall–Kier alpha value is -6.94. The number of benzene rings is 3. The van der Waals surface area contributed by atoms with E-state index < -0.39 is 24.3 Å². The summed E-state index contributed by atoms with van der Waals surface area (Å²) in [5.41, 5.74) is 5.44. The maximum Gasteiger partial charge on any atom is 0.407 e. The topological polar surface area (TPSA) is 178 Å². The fraction of sp³-hybridized carbons (Fsp3) is 0.333. The van der Waals surface area contributed by atoms with Crippen LogP contribution in [0.3, 0.4) is 0 Å². The molecule has 0 saturated carbocycles. The summed E-state index contributed by atoms with van der Waals surface area (Å²) < 4.78 is 9.61.